The lowest BCUT2D eigenvalue weighted by atomic mass is 9.74. The molecule has 7 rings (SSSR count). The number of anilines is 1. The molecule has 2 saturated heterocycles. The van der Waals surface area contributed by atoms with Crippen LogP contribution in [0.1, 0.15) is 31.4 Å². The van der Waals surface area contributed by atoms with E-state index in [1.165, 1.54) is 4.90 Å². The van der Waals surface area contributed by atoms with Crippen LogP contribution in [0, 0.1) is 11.8 Å². The van der Waals surface area contributed by atoms with Crippen molar-refractivity contribution in [1.82, 2.24) is 10.2 Å². The summed E-state index contributed by atoms with van der Waals surface area (Å²) in [6, 6.07) is 20.7. The maximum Gasteiger partial charge on any atom is 0.313 e. The van der Waals surface area contributed by atoms with Gasteiger partial charge in [-0.2, -0.15) is 0 Å². The Kier molecular flexibility index (Phi) is 8.69. The first kappa shape index (κ1) is 32.2. The van der Waals surface area contributed by atoms with E-state index in [4.69, 9.17) is 9.47 Å². The number of benzene rings is 3. The Balaban J connectivity index is 1.34. The van der Waals surface area contributed by atoms with Gasteiger partial charge in [0.1, 0.15) is 29.8 Å². The average molecular weight is 715 g/mol. The minimum Gasteiger partial charge on any atom is -0.455 e. The van der Waals surface area contributed by atoms with Crippen LogP contribution >= 0.6 is 15.9 Å². The van der Waals surface area contributed by atoms with Crippen LogP contribution in [0.5, 0.6) is 0 Å². The van der Waals surface area contributed by atoms with Crippen molar-refractivity contribution in [2.45, 2.75) is 49.7 Å². The van der Waals surface area contributed by atoms with E-state index < -0.39 is 66.1 Å². The van der Waals surface area contributed by atoms with E-state index in [0.717, 1.165) is 10.8 Å². The molecular formula is C37H36BrN3O7. The summed E-state index contributed by atoms with van der Waals surface area (Å²) >= 11 is 3.58. The zero-order valence-electron chi connectivity index (χ0n) is 26.3. The highest BCUT2D eigenvalue weighted by Gasteiger charge is 2.75. The molecule has 3 amide bonds. The standard InChI is InChI=1S/C37H36BrN3O7/c1-22(21-42)41-33-35(45)40(26-16-15-23-10-7-8-13-25(23)18-26)17-9-3-6-14-29(43)39-20-28(24-11-4-2-5-12-24)47-36(46)30-31(34(41)44)37(33)19-27(38)32(30)48-37/h2-5,7-13,15-16,18-19,22,28,30-33,42H,6,14,17,20-21H2,1H3,(H,39,43)/b9-3-/t22-,28+,30+,31-,32+,33+,37-/m1/s1. The summed E-state index contributed by atoms with van der Waals surface area (Å²) in [4.78, 5) is 59.5. The number of hydrogen-bond donors (Lipinski definition) is 2. The summed E-state index contributed by atoms with van der Waals surface area (Å²) in [5.41, 5.74) is -0.196. The first-order valence-corrected chi connectivity index (χ1v) is 17.0. The van der Waals surface area contributed by atoms with Crippen molar-refractivity contribution in [2.24, 2.45) is 11.8 Å². The quantitative estimate of drug-likeness (QED) is 0.307. The fourth-order valence-corrected chi connectivity index (χ4v) is 8.24. The topological polar surface area (TPSA) is 125 Å². The van der Waals surface area contributed by atoms with Gasteiger partial charge in [-0.05, 0) is 47.9 Å². The van der Waals surface area contributed by atoms with Gasteiger partial charge in [-0.3, -0.25) is 19.2 Å². The van der Waals surface area contributed by atoms with Gasteiger partial charge in [0.25, 0.3) is 5.91 Å². The van der Waals surface area contributed by atoms with Crippen LogP contribution in [0.15, 0.2) is 95.5 Å². The van der Waals surface area contributed by atoms with Crippen molar-refractivity contribution >= 4 is 56.1 Å². The van der Waals surface area contributed by atoms with Crippen molar-refractivity contribution in [3.05, 3.63) is 101 Å². The van der Waals surface area contributed by atoms with Crippen LogP contribution in [0.2, 0.25) is 0 Å². The Bertz CT molecular complexity index is 1830. The molecule has 3 aromatic rings. The summed E-state index contributed by atoms with van der Waals surface area (Å²) < 4.78 is 13.2. The number of nitrogens with zero attached hydrogens (tertiary/aromatic N) is 2. The van der Waals surface area contributed by atoms with Gasteiger partial charge in [0, 0.05) is 23.1 Å². The third-order valence-corrected chi connectivity index (χ3v) is 10.5. The number of esters is 1. The number of halogens is 1. The number of carbonyl (C=O) groups is 4. The third-order valence-electron chi connectivity index (χ3n) is 9.83. The monoisotopic (exact) mass is 713 g/mol. The lowest BCUT2D eigenvalue weighted by molar-refractivity contribution is -0.160. The zero-order valence-corrected chi connectivity index (χ0v) is 27.9. The molecule has 4 heterocycles. The highest BCUT2D eigenvalue weighted by atomic mass is 79.9. The number of nitrogens with one attached hydrogen (secondary N) is 1. The molecule has 48 heavy (non-hydrogen) atoms. The number of ether oxygens (including phenoxy) is 2. The molecule has 4 aliphatic heterocycles. The van der Waals surface area contributed by atoms with E-state index in [1.807, 2.05) is 84.9 Å². The fraction of sp³-hybridized carbons (Fsp3) is 0.351. The summed E-state index contributed by atoms with van der Waals surface area (Å²) in [6.07, 6.45) is 4.39. The number of aliphatic hydroxyl groups excluding tert-OH is 1. The van der Waals surface area contributed by atoms with Crippen molar-refractivity contribution in [3.8, 4) is 0 Å². The van der Waals surface area contributed by atoms with E-state index >= 15 is 4.79 Å². The number of fused-ring (bicyclic) bond motifs is 3. The summed E-state index contributed by atoms with van der Waals surface area (Å²) in [6.45, 7) is 1.48. The summed E-state index contributed by atoms with van der Waals surface area (Å²) in [7, 11) is 0. The number of rotatable bonds is 4. The lowest BCUT2D eigenvalue weighted by Crippen LogP contribution is -2.58. The SMILES string of the molecule is C[C@H](CO)N1C(=O)[C@H]2[C@@H]3C(=O)O[C@H](c4ccccc4)CNC(=O)CC/C=C\CN(c4ccc5ccccc5c4)C(=O)[C@H]1[C@@]21C=C(Br)[C@@H]3O1. The van der Waals surface area contributed by atoms with Crippen molar-refractivity contribution in [2.75, 3.05) is 24.6 Å². The van der Waals surface area contributed by atoms with Crippen LogP contribution in [0.25, 0.3) is 10.8 Å². The van der Waals surface area contributed by atoms with Crippen molar-refractivity contribution in [1.29, 1.82) is 0 Å². The molecule has 10 nitrogen and oxygen atoms in total. The van der Waals surface area contributed by atoms with Gasteiger partial charge in [0.05, 0.1) is 25.1 Å². The smallest absolute Gasteiger partial charge is 0.313 e. The Labute approximate surface area is 286 Å². The molecule has 0 radical (unpaired) electrons. The second kappa shape index (κ2) is 12.9. The zero-order chi connectivity index (χ0) is 33.6. The molecule has 11 heteroatoms. The number of hydrogen-bond acceptors (Lipinski definition) is 7. The molecule has 248 valence electrons. The van der Waals surface area contributed by atoms with E-state index in [1.54, 1.807) is 17.9 Å². The Hall–Kier alpha value is -4.32. The summed E-state index contributed by atoms with van der Waals surface area (Å²) in [5.74, 6) is -3.91. The molecule has 5 bridgehead atoms. The molecule has 4 aliphatic rings. The maximum atomic E-state index is 15.0. The Morgan fingerprint density at radius 3 is 2.50 bits per heavy atom. The maximum absolute atomic E-state index is 15.0. The predicted octanol–water partition coefficient (Wildman–Crippen LogP) is 4.18. The van der Waals surface area contributed by atoms with Crippen LogP contribution in [0.3, 0.4) is 0 Å². The van der Waals surface area contributed by atoms with E-state index in [2.05, 4.69) is 21.2 Å². The van der Waals surface area contributed by atoms with Crippen molar-refractivity contribution in [3.63, 3.8) is 0 Å². The largest absolute Gasteiger partial charge is 0.455 e. The normalized spacial score (nSPS) is 30.6. The van der Waals surface area contributed by atoms with Crippen molar-refractivity contribution < 1.29 is 33.8 Å². The van der Waals surface area contributed by atoms with Crippen LogP contribution in [-0.2, 0) is 28.7 Å². The molecule has 1 spiro atoms. The first-order valence-electron chi connectivity index (χ1n) is 16.2. The molecule has 0 aliphatic carbocycles. The van der Waals surface area contributed by atoms with Crippen LogP contribution in [0.4, 0.5) is 5.69 Å². The van der Waals surface area contributed by atoms with Gasteiger partial charge in [-0.15, -0.1) is 0 Å². The highest BCUT2D eigenvalue weighted by Crippen LogP contribution is 2.59. The number of allylic oxidation sites excluding steroid dienone is 1. The molecule has 7 atom stereocenters. The number of amides is 3. The van der Waals surface area contributed by atoms with Gasteiger partial charge < -0.3 is 29.7 Å². The van der Waals surface area contributed by atoms with E-state index in [0.29, 0.717) is 22.2 Å². The predicted molar refractivity (Wildman–Crippen MR) is 182 cm³/mol. The number of cyclic esters (lactones) is 1. The number of likely N-dealkylation sites (tertiary alicyclic amines) is 1. The average Bonchev–Trinajstić information content (AvgIpc) is 3.70. The second-order valence-electron chi connectivity index (χ2n) is 12.7. The van der Waals surface area contributed by atoms with Crippen LogP contribution < -0.4 is 10.2 Å². The minimum absolute atomic E-state index is 0.0435. The summed E-state index contributed by atoms with van der Waals surface area (Å²) in [5, 5.41) is 15.2. The number of aliphatic hydroxyl groups is 1. The molecule has 0 unspecified atom stereocenters. The number of carbonyl (C=O) groups excluding carboxylic acids is 4. The lowest BCUT2D eigenvalue weighted by Gasteiger charge is -2.37. The Morgan fingerprint density at radius 2 is 1.73 bits per heavy atom. The molecular weight excluding hydrogens is 678 g/mol. The third kappa shape index (κ3) is 5.43. The highest BCUT2D eigenvalue weighted by molar-refractivity contribution is 9.11. The molecule has 2 fully saturated rings. The minimum atomic E-state index is -1.49. The molecule has 3 aromatic carbocycles. The van der Waals surface area contributed by atoms with Crippen LogP contribution in [-0.4, -0.2) is 77.2 Å². The molecule has 2 N–H and O–H groups in total. The second-order valence-corrected chi connectivity index (χ2v) is 13.7. The van der Waals surface area contributed by atoms with E-state index in [-0.39, 0.29) is 25.4 Å². The fourth-order valence-electron chi connectivity index (χ4n) is 7.50. The molecule has 0 aromatic heterocycles. The van der Waals surface area contributed by atoms with Gasteiger partial charge >= 0.3 is 5.97 Å². The Morgan fingerprint density at radius 1 is 0.979 bits per heavy atom. The van der Waals surface area contributed by atoms with Gasteiger partial charge in [0.15, 0.2) is 0 Å². The van der Waals surface area contributed by atoms with Gasteiger partial charge in [-0.1, -0.05) is 88.7 Å². The van der Waals surface area contributed by atoms with Gasteiger partial charge in [0.2, 0.25) is 11.8 Å². The first-order chi connectivity index (χ1) is 23.2. The van der Waals surface area contributed by atoms with E-state index in [9.17, 15) is 19.5 Å². The van der Waals surface area contributed by atoms with Gasteiger partial charge in [-0.25, -0.2) is 0 Å². The molecule has 0 saturated carbocycles.